The Morgan fingerprint density at radius 1 is 1.09 bits per heavy atom. The molecule has 2 aromatic carbocycles. The number of nitrogens with zero attached hydrogens (tertiary/aromatic N) is 2. The Kier molecular flexibility index (Phi) is 6.87. The van der Waals surface area contributed by atoms with Gasteiger partial charge < -0.3 is 19.5 Å². The van der Waals surface area contributed by atoms with Crippen molar-refractivity contribution in [2.75, 3.05) is 13.4 Å². The van der Waals surface area contributed by atoms with Crippen LogP contribution in [0.3, 0.4) is 0 Å². The Balaban J connectivity index is 1.41. The zero-order chi connectivity index (χ0) is 23.2. The summed E-state index contributed by atoms with van der Waals surface area (Å²) in [5, 5.41) is 7.74. The fourth-order valence-electron chi connectivity index (χ4n) is 3.55. The molecule has 9 nitrogen and oxygen atoms in total. The van der Waals surface area contributed by atoms with E-state index in [1.54, 1.807) is 36.4 Å². The lowest BCUT2D eigenvalue weighted by Gasteiger charge is -2.11. The summed E-state index contributed by atoms with van der Waals surface area (Å²) in [4.78, 5) is 37.7. The van der Waals surface area contributed by atoms with Crippen LogP contribution in [0.5, 0.6) is 11.5 Å². The number of hydrogen-bond acceptors (Lipinski definition) is 7. The van der Waals surface area contributed by atoms with Gasteiger partial charge in [0.15, 0.2) is 23.8 Å². The number of ether oxygens (including phenoxy) is 3. The zero-order valence-corrected chi connectivity index (χ0v) is 18.3. The van der Waals surface area contributed by atoms with Crippen LogP contribution in [0.15, 0.2) is 47.3 Å². The second kappa shape index (κ2) is 10.2. The minimum Gasteiger partial charge on any atom is -0.454 e. The second-order valence-electron chi connectivity index (χ2n) is 7.67. The summed E-state index contributed by atoms with van der Waals surface area (Å²) < 4.78 is 17.1. The molecule has 1 aliphatic rings. The molecular weight excluding hydrogens is 426 g/mol. The molecule has 0 radical (unpaired) electrons. The van der Waals surface area contributed by atoms with E-state index in [9.17, 15) is 14.4 Å². The van der Waals surface area contributed by atoms with Gasteiger partial charge in [0.05, 0.1) is 5.39 Å². The largest absolute Gasteiger partial charge is 0.454 e. The van der Waals surface area contributed by atoms with Crippen LogP contribution in [0.1, 0.15) is 42.2 Å². The van der Waals surface area contributed by atoms with Crippen LogP contribution in [0.25, 0.3) is 10.8 Å². The van der Waals surface area contributed by atoms with Crippen LogP contribution < -0.4 is 20.3 Å². The molecule has 1 amide bonds. The van der Waals surface area contributed by atoms with E-state index in [0.29, 0.717) is 28.8 Å². The summed E-state index contributed by atoms with van der Waals surface area (Å²) >= 11 is 0. The molecule has 9 heteroatoms. The molecule has 3 aromatic rings. The minimum atomic E-state index is -0.756. The molecule has 1 N–H and O–H groups in total. The van der Waals surface area contributed by atoms with E-state index in [0.717, 1.165) is 24.8 Å². The van der Waals surface area contributed by atoms with Crippen LogP contribution in [-0.4, -0.2) is 35.1 Å². The maximum absolute atomic E-state index is 12.7. The average Bonchev–Trinajstić information content (AvgIpc) is 3.31. The highest BCUT2D eigenvalue weighted by atomic mass is 16.7. The molecule has 4 rings (SSSR count). The molecule has 0 saturated carbocycles. The number of aryl methyl sites for hydroxylation is 1. The Bertz CT molecular complexity index is 1240. The van der Waals surface area contributed by atoms with Crippen molar-refractivity contribution in [3.05, 3.63) is 64.1 Å². The highest BCUT2D eigenvalue weighted by Gasteiger charge is 2.19. The first-order chi connectivity index (χ1) is 16.1. The number of benzene rings is 2. The molecule has 0 spiro atoms. The van der Waals surface area contributed by atoms with Gasteiger partial charge in [0.25, 0.3) is 11.5 Å². The third-order valence-corrected chi connectivity index (χ3v) is 5.30. The third-order valence-electron chi connectivity index (χ3n) is 5.30. The SMILES string of the molecule is CCCCCn1nc(C(=O)OCC(=O)NCc2ccc3c(c2)OCO3)c2ccccc2c1=O. The van der Waals surface area contributed by atoms with E-state index in [4.69, 9.17) is 14.2 Å². The number of esters is 1. The van der Waals surface area contributed by atoms with E-state index in [-0.39, 0.29) is 24.6 Å². The lowest BCUT2D eigenvalue weighted by atomic mass is 10.1. The quantitative estimate of drug-likeness (QED) is 0.394. The summed E-state index contributed by atoms with van der Waals surface area (Å²) in [5.74, 6) is 0.0743. The molecule has 0 atom stereocenters. The van der Waals surface area contributed by atoms with Gasteiger partial charge in [-0.3, -0.25) is 9.59 Å². The van der Waals surface area contributed by atoms with Gasteiger partial charge in [-0.15, -0.1) is 0 Å². The number of carbonyl (C=O) groups excluding carboxylic acids is 2. The number of amides is 1. The molecule has 33 heavy (non-hydrogen) atoms. The molecule has 0 aliphatic carbocycles. The smallest absolute Gasteiger partial charge is 0.359 e. The molecule has 1 aromatic heterocycles. The standard InChI is InChI=1S/C24H25N3O6/c1-2-3-6-11-27-23(29)18-8-5-4-7-17(18)22(26-27)24(30)31-14-21(28)25-13-16-9-10-19-20(12-16)33-15-32-19/h4-5,7-10,12H,2-3,6,11,13-15H2,1H3,(H,25,28). The van der Waals surface area contributed by atoms with Crippen molar-refractivity contribution < 1.29 is 23.8 Å². The number of aromatic nitrogens is 2. The molecular formula is C24H25N3O6. The van der Waals surface area contributed by atoms with Crippen molar-refractivity contribution >= 4 is 22.6 Å². The zero-order valence-electron chi connectivity index (χ0n) is 18.3. The fourth-order valence-corrected chi connectivity index (χ4v) is 3.55. The number of nitrogens with one attached hydrogen (secondary N) is 1. The summed E-state index contributed by atoms with van der Waals surface area (Å²) in [6, 6.07) is 12.1. The molecule has 0 bridgehead atoms. The van der Waals surface area contributed by atoms with E-state index in [2.05, 4.69) is 17.3 Å². The summed E-state index contributed by atoms with van der Waals surface area (Å²) in [5.41, 5.74) is 0.593. The lowest BCUT2D eigenvalue weighted by Crippen LogP contribution is -2.30. The first kappa shape index (κ1) is 22.3. The molecule has 172 valence electrons. The monoisotopic (exact) mass is 451 g/mol. The Labute approximate surface area is 190 Å². The highest BCUT2D eigenvalue weighted by molar-refractivity contribution is 6.02. The predicted octanol–water partition coefficient (Wildman–Crippen LogP) is 2.79. The van der Waals surface area contributed by atoms with Crippen molar-refractivity contribution in [2.45, 2.75) is 39.3 Å². The van der Waals surface area contributed by atoms with Crippen LogP contribution in [0.4, 0.5) is 0 Å². The van der Waals surface area contributed by atoms with Gasteiger partial charge in [-0.05, 0) is 30.2 Å². The number of unbranched alkanes of at least 4 members (excludes halogenated alkanes) is 2. The molecule has 2 heterocycles. The van der Waals surface area contributed by atoms with Crippen LogP contribution in [0, 0.1) is 0 Å². The van der Waals surface area contributed by atoms with Crippen LogP contribution in [-0.2, 0) is 22.6 Å². The van der Waals surface area contributed by atoms with Crippen molar-refractivity contribution in [1.29, 1.82) is 0 Å². The van der Waals surface area contributed by atoms with Gasteiger partial charge >= 0.3 is 5.97 Å². The summed E-state index contributed by atoms with van der Waals surface area (Å²) in [7, 11) is 0. The molecule has 0 saturated heterocycles. The Morgan fingerprint density at radius 3 is 2.70 bits per heavy atom. The fraction of sp³-hybridized carbons (Fsp3) is 0.333. The van der Waals surface area contributed by atoms with E-state index in [1.165, 1.54) is 4.68 Å². The average molecular weight is 451 g/mol. The normalized spacial score (nSPS) is 12.0. The van der Waals surface area contributed by atoms with E-state index < -0.39 is 18.5 Å². The molecule has 0 unspecified atom stereocenters. The number of hydrogen-bond donors (Lipinski definition) is 1. The lowest BCUT2D eigenvalue weighted by molar-refractivity contribution is -0.124. The first-order valence-corrected chi connectivity index (χ1v) is 10.9. The van der Waals surface area contributed by atoms with Gasteiger partial charge in [0.1, 0.15) is 0 Å². The van der Waals surface area contributed by atoms with Gasteiger partial charge in [0, 0.05) is 18.5 Å². The van der Waals surface area contributed by atoms with Gasteiger partial charge in [-0.25, -0.2) is 9.48 Å². The van der Waals surface area contributed by atoms with Gasteiger partial charge in [-0.2, -0.15) is 5.10 Å². The maximum atomic E-state index is 12.7. The molecule has 1 aliphatic heterocycles. The molecule has 0 fully saturated rings. The minimum absolute atomic E-state index is 0.0188. The Hall–Kier alpha value is -3.88. The first-order valence-electron chi connectivity index (χ1n) is 10.9. The predicted molar refractivity (Wildman–Crippen MR) is 120 cm³/mol. The van der Waals surface area contributed by atoms with Crippen LogP contribution in [0.2, 0.25) is 0 Å². The summed E-state index contributed by atoms with van der Waals surface area (Å²) in [6.07, 6.45) is 2.72. The van der Waals surface area contributed by atoms with E-state index >= 15 is 0 Å². The van der Waals surface area contributed by atoms with Crippen molar-refractivity contribution in [3.8, 4) is 11.5 Å². The number of rotatable bonds is 9. The number of fused-ring (bicyclic) bond motifs is 2. The second-order valence-corrected chi connectivity index (χ2v) is 7.67. The maximum Gasteiger partial charge on any atom is 0.359 e. The Morgan fingerprint density at radius 2 is 1.88 bits per heavy atom. The topological polar surface area (TPSA) is 109 Å². The van der Waals surface area contributed by atoms with Gasteiger partial charge in [0.2, 0.25) is 6.79 Å². The van der Waals surface area contributed by atoms with E-state index in [1.807, 2.05) is 6.07 Å². The van der Waals surface area contributed by atoms with Gasteiger partial charge in [-0.1, -0.05) is 44.0 Å². The number of carbonyl (C=O) groups is 2. The summed E-state index contributed by atoms with van der Waals surface area (Å²) in [6.45, 7) is 2.44. The van der Waals surface area contributed by atoms with Crippen LogP contribution >= 0.6 is 0 Å². The van der Waals surface area contributed by atoms with Crippen molar-refractivity contribution in [3.63, 3.8) is 0 Å². The van der Waals surface area contributed by atoms with Crippen molar-refractivity contribution in [2.24, 2.45) is 0 Å². The third kappa shape index (κ3) is 5.14. The van der Waals surface area contributed by atoms with Crippen molar-refractivity contribution in [1.82, 2.24) is 15.1 Å². The highest BCUT2D eigenvalue weighted by Crippen LogP contribution is 2.32.